The largest absolute Gasteiger partial charge is 0.324 e. The molecule has 2 atom stereocenters. The van der Waals surface area contributed by atoms with E-state index in [0.29, 0.717) is 11.3 Å². The smallest absolute Gasteiger partial charge is 0.0331 e. The minimum Gasteiger partial charge on any atom is -0.324 e. The monoisotopic (exact) mass is 231 g/mol. The second-order valence-corrected chi connectivity index (χ2v) is 6.37. The van der Waals surface area contributed by atoms with Crippen LogP contribution >= 0.6 is 0 Å². The SMILES string of the molecule is Cc1ccc(C(N)C2CCCC2(C)C)c(C)c1. The van der Waals surface area contributed by atoms with Crippen molar-refractivity contribution in [2.24, 2.45) is 17.1 Å². The average molecular weight is 231 g/mol. The van der Waals surface area contributed by atoms with E-state index in [1.54, 1.807) is 0 Å². The molecule has 1 aliphatic rings. The Bertz CT molecular complexity index is 406. The number of hydrogen-bond donors (Lipinski definition) is 1. The van der Waals surface area contributed by atoms with Gasteiger partial charge >= 0.3 is 0 Å². The van der Waals surface area contributed by atoms with Gasteiger partial charge in [0.2, 0.25) is 0 Å². The maximum Gasteiger partial charge on any atom is 0.0331 e. The van der Waals surface area contributed by atoms with Crippen LogP contribution in [0.4, 0.5) is 0 Å². The number of nitrogens with two attached hydrogens (primary N) is 1. The van der Waals surface area contributed by atoms with Gasteiger partial charge in [-0.3, -0.25) is 0 Å². The minimum atomic E-state index is 0.202. The summed E-state index contributed by atoms with van der Waals surface area (Å²) in [5, 5.41) is 0. The third-order valence-corrected chi connectivity index (χ3v) is 4.56. The summed E-state index contributed by atoms with van der Waals surface area (Å²) in [6.45, 7) is 9.06. The molecular formula is C16H25N. The first-order valence-corrected chi connectivity index (χ1v) is 6.74. The number of rotatable bonds is 2. The predicted octanol–water partition coefficient (Wildman–Crippen LogP) is 4.13. The van der Waals surface area contributed by atoms with Crippen LogP contribution in [0.2, 0.25) is 0 Å². The zero-order chi connectivity index (χ0) is 12.6. The molecule has 1 aliphatic carbocycles. The number of hydrogen-bond acceptors (Lipinski definition) is 1. The van der Waals surface area contributed by atoms with Gasteiger partial charge in [0.1, 0.15) is 0 Å². The van der Waals surface area contributed by atoms with Crippen LogP contribution in [0.1, 0.15) is 55.8 Å². The van der Waals surface area contributed by atoms with E-state index in [9.17, 15) is 0 Å². The summed E-state index contributed by atoms with van der Waals surface area (Å²) in [6, 6.07) is 6.86. The molecule has 1 fully saturated rings. The number of aryl methyl sites for hydroxylation is 2. The van der Waals surface area contributed by atoms with E-state index in [1.165, 1.54) is 36.0 Å². The van der Waals surface area contributed by atoms with E-state index in [1.807, 2.05) is 0 Å². The number of benzene rings is 1. The van der Waals surface area contributed by atoms with Gasteiger partial charge in [-0.1, -0.05) is 44.0 Å². The van der Waals surface area contributed by atoms with Crippen LogP contribution in [-0.2, 0) is 0 Å². The van der Waals surface area contributed by atoms with E-state index >= 15 is 0 Å². The third kappa shape index (κ3) is 2.40. The van der Waals surface area contributed by atoms with Crippen molar-refractivity contribution in [2.45, 2.75) is 53.0 Å². The third-order valence-electron chi connectivity index (χ3n) is 4.56. The zero-order valence-electron chi connectivity index (χ0n) is 11.6. The molecule has 0 spiro atoms. The minimum absolute atomic E-state index is 0.202. The molecule has 94 valence electrons. The van der Waals surface area contributed by atoms with Crippen LogP contribution in [-0.4, -0.2) is 0 Å². The van der Waals surface area contributed by atoms with Gasteiger partial charge in [-0.25, -0.2) is 0 Å². The highest BCUT2D eigenvalue weighted by Crippen LogP contribution is 2.48. The molecule has 0 heterocycles. The second-order valence-electron chi connectivity index (χ2n) is 6.37. The molecule has 0 saturated heterocycles. The van der Waals surface area contributed by atoms with Crippen molar-refractivity contribution in [2.75, 3.05) is 0 Å². The summed E-state index contributed by atoms with van der Waals surface area (Å²) in [5.41, 5.74) is 10.9. The Kier molecular flexibility index (Phi) is 3.31. The summed E-state index contributed by atoms with van der Waals surface area (Å²) < 4.78 is 0. The lowest BCUT2D eigenvalue weighted by atomic mass is 9.75. The first-order chi connectivity index (χ1) is 7.92. The Morgan fingerprint density at radius 1 is 1.29 bits per heavy atom. The molecule has 0 amide bonds. The Hall–Kier alpha value is -0.820. The first-order valence-electron chi connectivity index (χ1n) is 6.74. The van der Waals surface area contributed by atoms with Crippen LogP contribution < -0.4 is 5.73 Å². The molecule has 2 rings (SSSR count). The molecule has 0 bridgehead atoms. The fraction of sp³-hybridized carbons (Fsp3) is 0.625. The van der Waals surface area contributed by atoms with Gasteiger partial charge in [-0.2, -0.15) is 0 Å². The van der Waals surface area contributed by atoms with E-state index in [0.717, 1.165) is 0 Å². The van der Waals surface area contributed by atoms with Gasteiger partial charge in [-0.05, 0) is 49.1 Å². The first kappa shape index (κ1) is 12.6. The molecule has 0 aliphatic heterocycles. The predicted molar refractivity (Wildman–Crippen MR) is 74.0 cm³/mol. The molecule has 1 saturated carbocycles. The molecule has 17 heavy (non-hydrogen) atoms. The standard InChI is InChI=1S/C16H25N/c1-11-7-8-13(12(2)10-11)15(17)14-6-5-9-16(14,3)4/h7-8,10,14-15H,5-6,9,17H2,1-4H3. The summed E-state index contributed by atoms with van der Waals surface area (Å²) in [4.78, 5) is 0. The molecule has 1 aromatic rings. The lowest BCUT2D eigenvalue weighted by molar-refractivity contribution is 0.222. The molecule has 1 aromatic carbocycles. The summed E-state index contributed by atoms with van der Waals surface area (Å²) in [6.07, 6.45) is 3.92. The van der Waals surface area contributed by atoms with Crippen molar-refractivity contribution < 1.29 is 0 Å². The zero-order valence-corrected chi connectivity index (χ0v) is 11.6. The van der Waals surface area contributed by atoms with Gasteiger partial charge in [0.05, 0.1) is 0 Å². The van der Waals surface area contributed by atoms with Crippen LogP contribution in [0.3, 0.4) is 0 Å². The highest BCUT2D eigenvalue weighted by Gasteiger charge is 2.38. The fourth-order valence-electron chi connectivity index (χ4n) is 3.44. The Balaban J connectivity index is 2.28. The quantitative estimate of drug-likeness (QED) is 0.813. The fourth-order valence-corrected chi connectivity index (χ4v) is 3.44. The summed E-state index contributed by atoms with van der Waals surface area (Å²) in [7, 11) is 0. The van der Waals surface area contributed by atoms with E-state index in [-0.39, 0.29) is 6.04 Å². The Labute approximate surface area is 105 Å². The Morgan fingerprint density at radius 3 is 2.53 bits per heavy atom. The second kappa shape index (κ2) is 4.45. The van der Waals surface area contributed by atoms with Crippen molar-refractivity contribution in [3.05, 3.63) is 34.9 Å². The normalized spacial score (nSPS) is 24.9. The van der Waals surface area contributed by atoms with Crippen molar-refractivity contribution in [3.63, 3.8) is 0 Å². The molecule has 2 N–H and O–H groups in total. The van der Waals surface area contributed by atoms with Crippen molar-refractivity contribution >= 4 is 0 Å². The van der Waals surface area contributed by atoms with Gasteiger partial charge in [0, 0.05) is 6.04 Å². The van der Waals surface area contributed by atoms with Crippen molar-refractivity contribution in [1.82, 2.24) is 0 Å². The van der Waals surface area contributed by atoms with Crippen LogP contribution in [0.25, 0.3) is 0 Å². The topological polar surface area (TPSA) is 26.0 Å². The Morgan fingerprint density at radius 2 is 2.00 bits per heavy atom. The van der Waals surface area contributed by atoms with Crippen LogP contribution in [0.5, 0.6) is 0 Å². The molecule has 1 nitrogen and oxygen atoms in total. The highest BCUT2D eigenvalue weighted by molar-refractivity contribution is 5.33. The summed E-state index contributed by atoms with van der Waals surface area (Å²) >= 11 is 0. The van der Waals surface area contributed by atoms with Gasteiger partial charge in [-0.15, -0.1) is 0 Å². The molecule has 1 heteroatoms. The molecule has 0 radical (unpaired) electrons. The molecule has 2 unspecified atom stereocenters. The van der Waals surface area contributed by atoms with Crippen molar-refractivity contribution in [3.8, 4) is 0 Å². The van der Waals surface area contributed by atoms with Crippen LogP contribution in [0, 0.1) is 25.2 Å². The molecular weight excluding hydrogens is 206 g/mol. The maximum atomic E-state index is 6.53. The van der Waals surface area contributed by atoms with E-state index < -0.39 is 0 Å². The van der Waals surface area contributed by atoms with Gasteiger partial charge < -0.3 is 5.73 Å². The van der Waals surface area contributed by atoms with E-state index in [4.69, 9.17) is 5.73 Å². The van der Waals surface area contributed by atoms with Crippen molar-refractivity contribution in [1.29, 1.82) is 0 Å². The van der Waals surface area contributed by atoms with Crippen LogP contribution in [0.15, 0.2) is 18.2 Å². The maximum absolute atomic E-state index is 6.53. The van der Waals surface area contributed by atoms with E-state index in [2.05, 4.69) is 45.9 Å². The highest BCUT2D eigenvalue weighted by atomic mass is 14.7. The lowest BCUT2D eigenvalue weighted by Crippen LogP contribution is -2.30. The summed E-state index contributed by atoms with van der Waals surface area (Å²) in [5.74, 6) is 0.629. The van der Waals surface area contributed by atoms with Gasteiger partial charge in [0.15, 0.2) is 0 Å². The molecule has 0 aromatic heterocycles. The average Bonchev–Trinajstić information content (AvgIpc) is 2.57. The lowest BCUT2D eigenvalue weighted by Gasteiger charge is -2.33. The van der Waals surface area contributed by atoms with Gasteiger partial charge in [0.25, 0.3) is 0 Å².